The number of imide groups is 1. The van der Waals surface area contributed by atoms with Crippen molar-refractivity contribution in [2.75, 3.05) is 51.9 Å². The molecule has 0 aliphatic carbocycles. The molecule has 0 radical (unpaired) electrons. The molecule has 25 heteroatoms. The number of hydrogen-bond acceptors (Lipinski definition) is 12. The third-order valence-electron chi connectivity index (χ3n) is 15.5. The van der Waals surface area contributed by atoms with Gasteiger partial charge in [0.1, 0.15) is 55.0 Å². The fraction of sp³-hybridized carbons (Fsp3) is 0.492. The number of rotatable bonds is 29. The maximum atomic E-state index is 15.6. The molecule has 4 heterocycles. The number of benzene rings is 3. The van der Waals surface area contributed by atoms with E-state index in [0.717, 1.165) is 4.90 Å². The van der Waals surface area contributed by atoms with E-state index in [1.807, 2.05) is 0 Å². The monoisotopic (exact) mass is 1220 g/mol. The number of nitrogens with one attached hydrogen (secondary N) is 4. The lowest BCUT2D eigenvalue weighted by Gasteiger charge is -2.42. The Balaban J connectivity index is 1.01. The Bertz CT molecular complexity index is 3080. The van der Waals surface area contributed by atoms with Crippen LogP contribution in [0.25, 0.3) is 11.3 Å². The molecule has 0 spiro atoms. The van der Waals surface area contributed by atoms with Crippen LogP contribution < -0.4 is 27.0 Å². The van der Waals surface area contributed by atoms with Crippen molar-refractivity contribution in [1.29, 1.82) is 0 Å². The Hall–Kier alpha value is -7.83. The number of nitrogens with two attached hydrogens (primary N) is 1. The van der Waals surface area contributed by atoms with E-state index in [9.17, 15) is 42.7 Å². The van der Waals surface area contributed by atoms with Crippen LogP contribution in [0.4, 0.5) is 28.4 Å². The van der Waals surface area contributed by atoms with Gasteiger partial charge in [-0.3, -0.25) is 33.7 Å². The molecular weight excluding hydrogens is 1140 g/mol. The van der Waals surface area contributed by atoms with Crippen molar-refractivity contribution in [2.24, 2.45) is 17.6 Å². The van der Waals surface area contributed by atoms with E-state index in [4.69, 9.17) is 36.5 Å². The van der Waals surface area contributed by atoms with Gasteiger partial charge in [0.05, 0.1) is 17.3 Å². The average Bonchev–Trinajstić information content (AvgIpc) is 2.31. The molecule has 0 bridgehead atoms. The highest BCUT2D eigenvalue weighted by atomic mass is 35.5. The summed E-state index contributed by atoms with van der Waals surface area (Å²) in [6, 6.07) is 11.6. The molecule has 9 amide bonds. The van der Waals surface area contributed by atoms with E-state index in [1.54, 1.807) is 79.8 Å². The molecule has 0 saturated carbocycles. The van der Waals surface area contributed by atoms with Gasteiger partial charge in [-0.25, -0.2) is 27.7 Å². The van der Waals surface area contributed by atoms with Crippen LogP contribution in [0.2, 0.25) is 5.02 Å². The second kappa shape index (κ2) is 30.5. The van der Waals surface area contributed by atoms with Crippen molar-refractivity contribution in [1.82, 2.24) is 40.2 Å². The minimum absolute atomic E-state index is 0.00176. The Labute approximate surface area is 502 Å². The van der Waals surface area contributed by atoms with E-state index in [-0.39, 0.29) is 105 Å². The zero-order chi connectivity index (χ0) is 62.2. The van der Waals surface area contributed by atoms with Gasteiger partial charge in [0.15, 0.2) is 0 Å². The van der Waals surface area contributed by atoms with E-state index in [2.05, 4.69) is 21.3 Å². The molecule has 6 N–H and O–H groups in total. The van der Waals surface area contributed by atoms with Crippen LogP contribution >= 0.6 is 11.6 Å². The largest absolute Gasteiger partial charge is 0.445 e. The molecule has 3 aliphatic heterocycles. The second-order valence-corrected chi connectivity index (χ2v) is 23.1. The van der Waals surface area contributed by atoms with Crippen LogP contribution in [0.3, 0.4) is 0 Å². The Kier molecular flexibility index (Phi) is 23.3. The van der Waals surface area contributed by atoms with Crippen LogP contribution in [0, 0.1) is 23.5 Å². The fourth-order valence-electron chi connectivity index (χ4n) is 10.8. The Morgan fingerprint density at radius 2 is 1.67 bits per heavy atom. The highest BCUT2D eigenvalue weighted by molar-refractivity contribution is 6.30. The van der Waals surface area contributed by atoms with Gasteiger partial charge >= 0.3 is 12.1 Å². The molecule has 464 valence electrons. The molecule has 7 rings (SSSR count). The number of alkyl halides is 1. The van der Waals surface area contributed by atoms with Gasteiger partial charge in [0.2, 0.25) is 17.7 Å². The number of anilines is 1. The van der Waals surface area contributed by atoms with E-state index in [0.29, 0.717) is 55.5 Å². The number of urea groups is 1. The van der Waals surface area contributed by atoms with Gasteiger partial charge in [0, 0.05) is 87.5 Å². The summed E-state index contributed by atoms with van der Waals surface area (Å²) in [7, 11) is 1.48. The Morgan fingerprint density at radius 1 is 0.930 bits per heavy atom. The lowest BCUT2D eigenvalue weighted by atomic mass is 9.93. The topological polar surface area (TPSA) is 266 Å². The normalized spacial score (nSPS) is 17.8. The molecule has 6 unspecified atom stereocenters. The number of likely N-dealkylation sites (tertiary alicyclic amines) is 1. The second-order valence-electron chi connectivity index (χ2n) is 22.6. The molecule has 4 aromatic rings. The summed E-state index contributed by atoms with van der Waals surface area (Å²) in [6.07, 6.45) is 5.48. The molecular formula is C61H76ClF3N10O11. The molecule has 3 aliphatic rings. The Morgan fingerprint density at radius 3 is 2.34 bits per heavy atom. The van der Waals surface area contributed by atoms with Crippen molar-refractivity contribution in [3.8, 4) is 11.3 Å². The van der Waals surface area contributed by atoms with Crippen molar-refractivity contribution >= 4 is 64.9 Å². The summed E-state index contributed by atoms with van der Waals surface area (Å²) in [4.78, 5) is 113. The fourth-order valence-corrected chi connectivity index (χ4v) is 11.0. The lowest BCUT2D eigenvalue weighted by Crippen LogP contribution is -2.54. The third kappa shape index (κ3) is 17.6. The highest BCUT2D eigenvalue weighted by Crippen LogP contribution is 2.40. The summed E-state index contributed by atoms with van der Waals surface area (Å²) in [5.74, 6) is -4.43. The van der Waals surface area contributed by atoms with Crippen molar-refractivity contribution in [3.05, 3.63) is 119 Å². The molecule has 6 atom stereocenters. The van der Waals surface area contributed by atoms with E-state index >= 15 is 8.78 Å². The zero-order valence-corrected chi connectivity index (χ0v) is 49.7. The first-order valence-electron chi connectivity index (χ1n) is 28.9. The van der Waals surface area contributed by atoms with Gasteiger partial charge in [-0.15, -0.1) is 0 Å². The zero-order valence-electron chi connectivity index (χ0n) is 49.0. The number of methoxy groups -OCH3 is 1. The quantitative estimate of drug-likeness (QED) is 0.0261. The smallest absolute Gasteiger partial charge is 0.410 e. The number of aromatic nitrogens is 2. The van der Waals surface area contributed by atoms with E-state index in [1.165, 1.54) is 54.5 Å². The summed E-state index contributed by atoms with van der Waals surface area (Å²) in [5, 5.41) is 11.0. The molecule has 2 fully saturated rings. The predicted molar refractivity (Wildman–Crippen MR) is 312 cm³/mol. The number of hydrogen-bond donors (Lipinski definition) is 5. The molecule has 1 aromatic heterocycles. The first-order valence-corrected chi connectivity index (χ1v) is 29.2. The summed E-state index contributed by atoms with van der Waals surface area (Å²) in [5.41, 5.74) is 5.70. The maximum Gasteiger partial charge on any atom is 0.410 e. The number of carbonyl (C=O) groups is 8. The number of amides is 9. The van der Waals surface area contributed by atoms with Crippen LogP contribution in [-0.2, 0) is 56.1 Å². The molecule has 2 saturated heterocycles. The first-order chi connectivity index (χ1) is 41.0. The summed E-state index contributed by atoms with van der Waals surface area (Å²) in [6.45, 7) is 6.61. The first kappa shape index (κ1) is 65.7. The number of nitrogens with zero attached hydrogens (tertiary/aromatic N) is 5. The third-order valence-corrected chi connectivity index (χ3v) is 15.7. The summed E-state index contributed by atoms with van der Waals surface area (Å²) >= 11 is 6.35. The number of imidazole rings is 1. The van der Waals surface area contributed by atoms with Crippen molar-refractivity contribution in [2.45, 2.75) is 135 Å². The van der Waals surface area contributed by atoms with Crippen LogP contribution in [0.15, 0.2) is 85.1 Å². The number of carbonyl (C=O) groups excluding carboxylic acids is 8. The van der Waals surface area contributed by atoms with Crippen molar-refractivity contribution in [3.63, 3.8) is 0 Å². The van der Waals surface area contributed by atoms with E-state index < -0.39 is 95.9 Å². The predicted octanol–water partition coefficient (Wildman–Crippen LogP) is 7.50. The number of ether oxygens (including phenoxy) is 3. The molecule has 86 heavy (non-hydrogen) atoms. The number of unbranched alkanes of at least 4 members (excludes halogenated alkanes) is 2. The standard InChI is InChI=1S/C61H76ClF3N10O11/c1-37(2)53(71-50(76)16-7-6-8-26-73-51(77)23-24-52(73)78)57(80)70-47(14-10-25-67-59(66)82)56(79)68-43-20-17-38(18-21-43)36-86-60(83)74-33-40(29-44(74)31-63)34-75(58(81)49-15-11-27-85-49)54(61(3,4)84-5)55-69-48(45-30-41(62)19-22-46(45)65)35-72(55)32-39-12-9-13-42(64)28-39/h9,12-13,17-24,28,30,35,37,40,44,47,49,53-54H,6-8,10-11,14-16,25-27,29,31-34,36H2,1-5H3,(H,68,79)(H,70,80)(H,71,76)(H3,66,67,82). The SMILES string of the molecule is COC(C)(C)C(c1nc(-c2cc(Cl)ccc2F)cn1Cc1cccc(F)c1)N(CC1CC(CF)N(C(=O)OCc2ccc(NC(=O)C(CCCNC(N)=O)NC(=O)C(NC(=O)CCCCCN3C(=O)C=CC3=O)C(C)C)cc2)C1)C(=O)C1CCCO1. The average molecular weight is 1220 g/mol. The minimum atomic E-state index is -1.20. The molecule has 3 aromatic carbocycles. The lowest BCUT2D eigenvalue weighted by molar-refractivity contribution is -0.153. The van der Waals surface area contributed by atoms with Gasteiger partial charge in [-0.05, 0) is 124 Å². The van der Waals surface area contributed by atoms with Crippen LogP contribution in [0.1, 0.15) is 108 Å². The van der Waals surface area contributed by atoms with Gasteiger partial charge in [-0.2, -0.15) is 0 Å². The van der Waals surface area contributed by atoms with Gasteiger partial charge < -0.3 is 55.6 Å². The highest BCUT2D eigenvalue weighted by Gasteiger charge is 2.47. The van der Waals surface area contributed by atoms with Crippen molar-refractivity contribution < 1.29 is 65.7 Å². The number of primary amides is 1. The minimum Gasteiger partial charge on any atom is -0.445 e. The summed E-state index contributed by atoms with van der Waals surface area (Å²) < 4.78 is 64.8. The van der Waals surface area contributed by atoms with Crippen LogP contribution in [-0.4, -0.2) is 148 Å². The maximum absolute atomic E-state index is 15.6. The van der Waals surface area contributed by atoms with Gasteiger partial charge in [-0.1, -0.05) is 56.1 Å². The van der Waals surface area contributed by atoms with Crippen LogP contribution in [0.5, 0.6) is 0 Å². The van der Waals surface area contributed by atoms with Gasteiger partial charge in [0.25, 0.3) is 17.7 Å². The number of halogens is 4. The molecule has 21 nitrogen and oxygen atoms in total.